The van der Waals surface area contributed by atoms with Crippen LogP contribution in [0, 0.1) is 13.8 Å². The zero-order valence-electron chi connectivity index (χ0n) is 21.5. The van der Waals surface area contributed by atoms with Crippen LogP contribution in [0.2, 0.25) is 0 Å². The number of nitrogens with zero attached hydrogens (tertiary/aromatic N) is 2. The number of hydrogen-bond acceptors (Lipinski definition) is 2. The molecule has 5 aromatic carbocycles. The SMILES string of the molecule is C=NC(=C)c1ccc(-n2c3cc(C)c(-c4ccccc4C)cc3c3c4sc5ccccc5c4ccc32)cc1. The van der Waals surface area contributed by atoms with Crippen LogP contribution in [0.25, 0.3) is 64.5 Å². The normalized spacial score (nSPS) is 11.6. The molecular weight excluding hydrogens is 480 g/mol. The summed E-state index contributed by atoms with van der Waals surface area (Å²) in [7, 11) is 0. The van der Waals surface area contributed by atoms with Gasteiger partial charge in [0.1, 0.15) is 0 Å². The molecule has 0 fully saturated rings. The Hall–Kier alpha value is -4.47. The second-order valence-electron chi connectivity index (χ2n) is 9.92. The van der Waals surface area contributed by atoms with E-state index in [9.17, 15) is 0 Å². The standard InChI is InChI=1S/C35H26N2S/c1-21-9-5-6-10-26(21)29-20-30-32(19-22(29)2)37(25-15-13-24(14-16-25)23(3)36-4)31-18-17-28-27-11-7-8-12-33(27)38-35(28)34(30)31/h5-20H,3-4H2,1-2H3. The molecule has 0 aliphatic carbocycles. The molecule has 0 aliphatic rings. The van der Waals surface area contributed by atoms with E-state index in [4.69, 9.17) is 0 Å². The largest absolute Gasteiger partial charge is 0.309 e. The number of rotatable bonds is 4. The third kappa shape index (κ3) is 3.29. The minimum Gasteiger partial charge on any atom is -0.309 e. The van der Waals surface area contributed by atoms with E-state index >= 15 is 0 Å². The topological polar surface area (TPSA) is 17.3 Å². The molecule has 0 amide bonds. The smallest absolute Gasteiger partial charge is 0.0622 e. The van der Waals surface area contributed by atoms with E-state index in [1.807, 2.05) is 11.3 Å². The molecule has 38 heavy (non-hydrogen) atoms. The second-order valence-corrected chi connectivity index (χ2v) is 11.0. The summed E-state index contributed by atoms with van der Waals surface area (Å²) in [6, 6.07) is 35.2. The first-order valence-corrected chi connectivity index (χ1v) is 13.6. The monoisotopic (exact) mass is 506 g/mol. The average Bonchev–Trinajstić information content (AvgIpc) is 3.48. The van der Waals surface area contributed by atoms with Gasteiger partial charge in [0.05, 0.1) is 16.7 Å². The molecule has 0 aliphatic heterocycles. The molecule has 0 unspecified atom stereocenters. The van der Waals surface area contributed by atoms with Crippen molar-refractivity contribution in [1.29, 1.82) is 0 Å². The summed E-state index contributed by atoms with van der Waals surface area (Å²) >= 11 is 1.89. The zero-order chi connectivity index (χ0) is 26.0. The van der Waals surface area contributed by atoms with Gasteiger partial charge in [-0.25, -0.2) is 0 Å². The lowest BCUT2D eigenvalue weighted by atomic mass is 9.94. The van der Waals surface area contributed by atoms with Gasteiger partial charge in [-0.3, -0.25) is 4.99 Å². The van der Waals surface area contributed by atoms with E-state index in [1.165, 1.54) is 64.2 Å². The molecule has 0 atom stereocenters. The highest BCUT2D eigenvalue weighted by atomic mass is 32.1. The third-order valence-electron chi connectivity index (χ3n) is 7.70. The number of hydrogen-bond donors (Lipinski definition) is 0. The Morgan fingerprint density at radius 1 is 0.711 bits per heavy atom. The van der Waals surface area contributed by atoms with Crippen LogP contribution in [0.4, 0.5) is 0 Å². The highest BCUT2D eigenvalue weighted by molar-refractivity contribution is 7.26. The first-order chi connectivity index (χ1) is 18.5. The van der Waals surface area contributed by atoms with Crippen LogP contribution < -0.4 is 0 Å². The van der Waals surface area contributed by atoms with Crippen molar-refractivity contribution < 1.29 is 0 Å². The van der Waals surface area contributed by atoms with Crippen LogP contribution in [-0.2, 0) is 0 Å². The summed E-state index contributed by atoms with van der Waals surface area (Å²) in [4.78, 5) is 4.01. The summed E-state index contributed by atoms with van der Waals surface area (Å²) < 4.78 is 5.06. The Morgan fingerprint density at radius 3 is 2.26 bits per heavy atom. The molecule has 0 radical (unpaired) electrons. The fourth-order valence-corrected chi connectivity index (χ4v) is 7.03. The van der Waals surface area contributed by atoms with Crippen LogP contribution in [0.5, 0.6) is 0 Å². The van der Waals surface area contributed by atoms with Crippen LogP contribution in [0.15, 0.2) is 109 Å². The molecular formula is C35H26N2S. The summed E-state index contributed by atoms with van der Waals surface area (Å²) in [5, 5.41) is 5.23. The van der Waals surface area contributed by atoms with Crippen LogP contribution >= 0.6 is 11.3 Å². The van der Waals surface area contributed by atoms with E-state index in [0.29, 0.717) is 5.70 Å². The Labute approximate surface area is 225 Å². The number of aryl methyl sites for hydroxylation is 2. The van der Waals surface area contributed by atoms with Crippen molar-refractivity contribution in [2.75, 3.05) is 0 Å². The molecule has 7 rings (SSSR count). The molecule has 2 heterocycles. The first-order valence-electron chi connectivity index (χ1n) is 12.8. The summed E-state index contributed by atoms with van der Waals surface area (Å²) in [6.45, 7) is 12.1. The maximum absolute atomic E-state index is 4.01. The second kappa shape index (κ2) is 8.54. The van der Waals surface area contributed by atoms with Crippen molar-refractivity contribution in [3.63, 3.8) is 0 Å². The molecule has 2 aromatic heterocycles. The highest BCUT2D eigenvalue weighted by Crippen LogP contribution is 2.44. The third-order valence-corrected chi connectivity index (χ3v) is 8.91. The van der Waals surface area contributed by atoms with Gasteiger partial charge in [-0.2, -0.15) is 0 Å². The van der Waals surface area contributed by atoms with Crippen molar-refractivity contribution in [1.82, 2.24) is 4.57 Å². The minimum absolute atomic E-state index is 0.685. The molecule has 0 spiro atoms. The Kier molecular flexibility index (Phi) is 5.10. The zero-order valence-corrected chi connectivity index (χ0v) is 22.3. The Morgan fingerprint density at radius 2 is 1.47 bits per heavy atom. The van der Waals surface area contributed by atoms with Gasteiger partial charge < -0.3 is 4.57 Å². The van der Waals surface area contributed by atoms with Gasteiger partial charge in [-0.1, -0.05) is 67.2 Å². The fourth-order valence-electron chi connectivity index (χ4n) is 5.77. The molecule has 0 saturated carbocycles. The number of fused-ring (bicyclic) bond motifs is 7. The van der Waals surface area contributed by atoms with Crippen LogP contribution in [0.1, 0.15) is 16.7 Å². The highest BCUT2D eigenvalue weighted by Gasteiger charge is 2.19. The van der Waals surface area contributed by atoms with Gasteiger partial charge in [-0.15, -0.1) is 11.3 Å². The maximum Gasteiger partial charge on any atom is 0.0622 e. The summed E-state index contributed by atoms with van der Waals surface area (Å²) in [5.74, 6) is 0. The predicted octanol–water partition coefficient (Wildman–Crippen LogP) is 10.1. The van der Waals surface area contributed by atoms with Gasteiger partial charge in [-0.05, 0) is 84.8 Å². The van der Waals surface area contributed by atoms with E-state index in [0.717, 1.165) is 11.3 Å². The molecule has 0 bridgehead atoms. The maximum atomic E-state index is 4.01. The van der Waals surface area contributed by atoms with Crippen molar-refractivity contribution in [2.45, 2.75) is 13.8 Å². The molecule has 2 nitrogen and oxygen atoms in total. The van der Waals surface area contributed by atoms with Crippen LogP contribution in [-0.4, -0.2) is 11.3 Å². The Balaban J connectivity index is 1.62. The first kappa shape index (κ1) is 22.7. The number of thiophene rings is 1. The lowest BCUT2D eigenvalue weighted by Crippen LogP contribution is -1.95. The van der Waals surface area contributed by atoms with Crippen molar-refractivity contribution >= 4 is 65.7 Å². The quantitative estimate of drug-likeness (QED) is 0.211. The van der Waals surface area contributed by atoms with Gasteiger partial charge >= 0.3 is 0 Å². The minimum atomic E-state index is 0.685. The molecule has 0 saturated heterocycles. The van der Waals surface area contributed by atoms with Gasteiger partial charge in [0.2, 0.25) is 0 Å². The number of aromatic nitrogens is 1. The molecule has 3 heteroatoms. The lowest BCUT2D eigenvalue weighted by Gasteiger charge is -2.12. The fraction of sp³-hybridized carbons (Fsp3) is 0.0571. The summed E-state index contributed by atoms with van der Waals surface area (Å²) in [6.07, 6.45) is 0. The average molecular weight is 507 g/mol. The van der Waals surface area contributed by atoms with Gasteiger partial charge in [0.15, 0.2) is 0 Å². The number of benzene rings is 5. The van der Waals surface area contributed by atoms with E-state index in [1.54, 1.807) is 0 Å². The van der Waals surface area contributed by atoms with Gasteiger partial charge in [0, 0.05) is 36.6 Å². The van der Waals surface area contributed by atoms with Crippen molar-refractivity contribution in [3.8, 4) is 16.8 Å². The van der Waals surface area contributed by atoms with Crippen LogP contribution in [0.3, 0.4) is 0 Å². The molecule has 182 valence electrons. The van der Waals surface area contributed by atoms with E-state index in [2.05, 4.69) is 134 Å². The number of aliphatic imine (C=N–C) groups is 1. The van der Waals surface area contributed by atoms with Crippen molar-refractivity contribution in [2.24, 2.45) is 4.99 Å². The predicted molar refractivity (Wildman–Crippen MR) is 167 cm³/mol. The molecule has 7 aromatic rings. The summed E-state index contributed by atoms with van der Waals surface area (Å²) in [5.41, 5.74) is 10.4. The van der Waals surface area contributed by atoms with Gasteiger partial charge in [0.25, 0.3) is 0 Å². The van der Waals surface area contributed by atoms with E-state index in [-0.39, 0.29) is 0 Å². The Bertz CT molecular complexity index is 2070. The molecule has 0 N–H and O–H groups in total. The van der Waals surface area contributed by atoms with E-state index < -0.39 is 0 Å². The lowest BCUT2D eigenvalue weighted by molar-refractivity contribution is 1.18. The van der Waals surface area contributed by atoms with Crippen molar-refractivity contribution in [3.05, 3.63) is 120 Å².